The summed E-state index contributed by atoms with van der Waals surface area (Å²) in [5, 5.41) is 0. The third kappa shape index (κ3) is 4.92. The molecular formula is C18H23FN4O3S. The van der Waals surface area contributed by atoms with Crippen molar-refractivity contribution in [2.24, 2.45) is 0 Å². The van der Waals surface area contributed by atoms with Crippen molar-refractivity contribution in [3.8, 4) is 0 Å². The van der Waals surface area contributed by atoms with Crippen molar-refractivity contribution >= 4 is 21.7 Å². The Balaban J connectivity index is 1.86. The number of aromatic nitrogens is 2. The Hall–Kier alpha value is -2.26. The van der Waals surface area contributed by atoms with Gasteiger partial charge >= 0.3 is 0 Å². The molecule has 1 fully saturated rings. The number of sulfonamides is 1. The van der Waals surface area contributed by atoms with Gasteiger partial charge in [-0.3, -0.25) is 4.31 Å². The van der Waals surface area contributed by atoms with Gasteiger partial charge in [0, 0.05) is 13.1 Å². The van der Waals surface area contributed by atoms with Gasteiger partial charge in [-0.15, -0.1) is 0 Å². The molecule has 7 nitrogen and oxygen atoms in total. The fraction of sp³-hybridized carbons (Fsp3) is 0.444. The van der Waals surface area contributed by atoms with Gasteiger partial charge in [-0.1, -0.05) is 19.1 Å². The summed E-state index contributed by atoms with van der Waals surface area (Å²) in [5.41, 5.74) is 1.08. The van der Waals surface area contributed by atoms with Crippen LogP contribution in [0.1, 0.15) is 18.9 Å². The summed E-state index contributed by atoms with van der Waals surface area (Å²) in [7, 11) is -3.55. The largest absolute Gasteiger partial charge is 0.378 e. The number of ether oxygens (including phenoxy) is 1. The Morgan fingerprint density at radius 1 is 1.15 bits per heavy atom. The van der Waals surface area contributed by atoms with E-state index in [-0.39, 0.29) is 18.1 Å². The van der Waals surface area contributed by atoms with Gasteiger partial charge in [0.15, 0.2) is 0 Å². The maximum atomic E-state index is 13.2. The normalized spacial score (nSPS) is 15.0. The van der Waals surface area contributed by atoms with Crippen LogP contribution >= 0.6 is 0 Å². The predicted molar refractivity (Wildman–Crippen MR) is 102 cm³/mol. The number of nitrogens with zero attached hydrogens (tertiary/aromatic N) is 4. The monoisotopic (exact) mass is 394 g/mol. The first-order valence-electron chi connectivity index (χ1n) is 8.89. The summed E-state index contributed by atoms with van der Waals surface area (Å²) < 4.78 is 45.3. The second-order valence-corrected chi connectivity index (χ2v) is 8.30. The molecule has 1 aliphatic rings. The van der Waals surface area contributed by atoms with Crippen molar-refractivity contribution in [2.75, 3.05) is 41.3 Å². The van der Waals surface area contributed by atoms with Gasteiger partial charge in [0.1, 0.15) is 5.82 Å². The van der Waals surface area contributed by atoms with Crippen molar-refractivity contribution in [1.82, 2.24) is 9.97 Å². The minimum absolute atomic E-state index is 0.0133. The third-order valence-electron chi connectivity index (χ3n) is 4.24. The Labute approximate surface area is 158 Å². The second-order valence-electron chi connectivity index (χ2n) is 6.29. The van der Waals surface area contributed by atoms with Crippen molar-refractivity contribution in [3.63, 3.8) is 0 Å². The van der Waals surface area contributed by atoms with Crippen LogP contribution in [0, 0.1) is 5.82 Å². The van der Waals surface area contributed by atoms with Gasteiger partial charge in [-0.25, -0.2) is 22.8 Å². The molecule has 9 heteroatoms. The SMILES string of the molecule is CCCS(=O)(=O)N(Cc1ccc(F)cc1)c1cnc(N2CCOCC2)nc1. The second kappa shape index (κ2) is 8.62. The lowest BCUT2D eigenvalue weighted by molar-refractivity contribution is 0.122. The molecule has 1 saturated heterocycles. The molecule has 0 aliphatic carbocycles. The molecule has 0 radical (unpaired) electrons. The maximum absolute atomic E-state index is 13.2. The molecule has 146 valence electrons. The van der Waals surface area contributed by atoms with Crippen LogP contribution in [-0.4, -0.2) is 50.4 Å². The van der Waals surface area contributed by atoms with Gasteiger partial charge in [0.2, 0.25) is 16.0 Å². The average Bonchev–Trinajstić information content (AvgIpc) is 2.68. The van der Waals surface area contributed by atoms with Crippen LogP contribution in [0.15, 0.2) is 36.7 Å². The quantitative estimate of drug-likeness (QED) is 0.717. The Kier molecular flexibility index (Phi) is 6.22. The molecule has 0 spiro atoms. The molecule has 27 heavy (non-hydrogen) atoms. The van der Waals surface area contributed by atoms with E-state index in [0.717, 1.165) is 0 Å². The molecule has 1 aromatic heterocycles. The molecule has 0 amide bonds. The fourth-order valence-corrected chi connectivity index (χ4v) is 4.34. The van der Waals surface area contributed by atoms with Crippen LogP contribution in [0.4, 0.5) is 16.0 Å². The van der Waals surface area contributed by atoms with Gasteiger partial charge in [0.25, 0.3) is 0 Å². The molecule has 3 rings (SSSR count). The van der Waals surface area contributed by atoms with E-state index in [9.17, 15) is 12.8 Å². The highest BCUT2D eigenvalue weighted by Gasteiger charge is 2.23. The lowest BCUT2D eigenvalue weighted by Crippen LogP contribution is -2.37. The molecular weight excluding hydrogens is 371 g/mol. The number of hydrogen-bond donors (Lipinski definition) is 0. The zero-order chi connectivity index (χ0) is 19.3. The standard InChI is InChI=1S/C18H23FN4O3S/c1-2-11-27(24,25)23(14-15-3-5-16(19)6-4-15)17-12-20-18(21-13-17)22-7-9-26-10-8-22/h3-6,12-13H,2,7-11,14H2,1H3. The summed E-state index contributed by atoms with van der Waals surface area (Å²) in [6.07, 6.45) is 3.54. The summed E-state index contributed by atoms with van der Waals surface area (Å²) >= 11 is 0. The lowest BCUT2D eigenvalue weighted by Gasteiger charge is -2.28. The molecule has 1 aromatic carbocycles. The molecule has 2 aromatic rings. The predicted octanol–water partition coefficient (Wildman–Crippen LogP) is 2.20. The summed E-state index contributed by atoms with van der Waals surface area (Å²) in [6.45, 7) is 4.55. The zero-order valence-electron chi connectivity index (χ0n) is 15.2. The number of anilines is 2. The van der Waals surface area contributed by atoms with Crippen molar-refractivity contribution in [2.45, 2.75) is 19.9 Å². The van der Waals surface area contributed by atoms with Crippen LogP contribution in [0.5, 0.6) is 0 Å². The Morgan fingerprint density at radius 2 is 1.78 bits per heavy atom. The molecule has 0 N–H and O–H groups in total. The number of halogens is 1. The first-order chi connectivity index (χ1) is 13.0. The van der Waals surface area contributed by atoms with E-state index in [1.807, 2.05) is 11.8 Å². The molecule has 0 saturated carbocycles. The first-order valence-corrected chi connectivity index (χ1v) is 10.5. The first kappa shape index (κ1) is 19.5. The van der Waals surface area contributed by atoms with Crippen LogP contribution in [0.3, 0.4) is 0 Å². The van der Waals surface area contributed by atoms with E-state index in [4.69, 9.17) is 4.74 Å². The van der Waals surface area contributed by atoms with E-state index in [1.54, 1.807) is 12.1 Å². The highest BCUT2D eigenvalue weighted by molar-refractivity contribution is 7.92. The van der Waals surface area contributed by atoms with E-state index in [2.05, 4.69) is 9.97 Å². The highest BCUT2D eigenvalue weighted by Crippen LogP contribution is 2.22. The number of morpholine rings is 1. The minimum Gasteiger partial charge on any atom is -0.378 e. The smallest absolute Gasteiger partial charge is 0.235 e. The molecule has 1 aliphatic heterocycles. The topological polar surface area (TPSA) is 75.6 Å². The number of rotatable bonds is 7. The van der Waals surface area contributed by atoms with Gasteiger partial charge in [-0.2, -0.15) is 0 Å². The van der Waals surface area contributed by atoms with Crippen LogP contribution in [0.25, 0.3) is 0 Å². The van der Waals surface area contributed by atoms with Gasteiger partial charge in [-0.05, 0) is 24.1 Å². The fourth-order valence-electron chi connectivity index (χ4n) is 2.84. The van der Waals surface area contributed by atoms with Crippen LogP contribution in [0.2, 0.25) is 0 Å². The zero-order valence-corrected chi connectivity index (χ0v) is 16.0. The summed E-state index contributed by atoms with van der Waals surface area (Å²) in [5.74, 6) is 0.205. The summed E-state index contributed by atoms with van der Waals surface area (Å²) in [4.78, 5) is 10.7. The Morgan fingerprint density at radius 3 is 2.37 bits per heavy atom. The summed E-state index contributed by atoms with van der Waals surface area (Å²) in [6, 6.07) is 5.79. The maximum Gasteiger partial charge on any atom is 0.235 e. The molecule has 0 bridgehead atoms. The molecule has 2 heterocycles. The van der Waals surface area contributed by atoms with Crippen molar-refractivity contribution < 1.29 is 17.5 Å². The van der Waals surface area contributed by atoms with Gasteiger partial charge in [0.05, 0.1) is 43.6 Å². The molecule has 0 unspecified atom stereocenters. The van der Waals surface area contributed by atoms with E-state index >= 15 is 0 Å². The highest BCUT2D eigenvalue weighted by atomic mass is 32.2. The average molecular weight is 394 g/mol. The lowest BCUT2D eigenvalue weighted by atomic mass is 10.2. The van der Waals surface area contributed by atoms with Crippen molar-refractivity contribution in [3.05, 3.63) is 48.0 Å². The van der Waals surface area contributed by atoms with Gasteiger partial charge < -0.3 is 9.64 Å². The van der Waals surface area contributed by atoms with Crippen LogP contribution in [-0.2, 0) is 21.3 Å². The molecule has 0 atom stereocenters. The van der Waals surface area contributed by atoms with E-state index in [0.29, 0.717) is 49.9 Å². The van der Waals surface area contributed by atoms with Crippen molar-refractivity contribution in [1.29, 1.82) is 0 Å². The third-order valence-corrected chi connectivity index (χ3v) is 6.18. The number of benzene rings is 1. The minimum atomic E-state index is -3.55. The van der Waals surface area contributed by atoms with Crippen LogP contribution < -0.4 is 9.21 Å². The van der Waals surface area contributed by atoms with E-state index in [1.165, 1.54) is 28.8 Å². The van der Waals surface area contributed by atoms with E-state index < -0.39 is 10.0 Å². The Bertz CT molecular complexity index is 838. The number of hydrogen-bond acceptors (Lipinski definition) is 6.